The van der Waals surface area contributed by atoms with Crippen LogP contribution in [0.2, 0.25) is 10.0 Å². The number of halogens is 5. The van der Waals surface area contributed by atoms with Crippen molar-refractivity contribution in [3.8, 4) is 17.4 Å². The molecule has 0 bridgehead atoms. The number of sulfonamides is 1. The molecule has 4 amide bonds. The highest BCUT2D eigenvalue weighted by atomic mass is 35.6. The number of aromatic nitrogens is 5. The van der Waals surface area contributed by atoms with Crippen LogP contribution < -0.4 is 24.8 Å². The minimum absolute atomic E-state index is 0.0662. The topological polar surface area (TPSA) is 237 Å². The predicted molar refractivity (Wildman–Crippen MR) is 186 cm³/mol. The lowest BCUT2D eigenvalue weighted by atomic mass is 10.2. The number of nitrogens with zero attached hydrogens (tertiary/aromatic N) is 6. The quantitative estimate of drug-likeness (QED) is 0.129. The summed E-state index contributed by atoms with van der Waals surface area (Å²) < 4.78 is 36.4. The molecule has 4 aromatic rings. The summed E-state index contributed by atoms with van der Waals surface area (Å²) in [7, 11) is 0.991. The van der Waals surface area contributed by atoms with Crippen LogP contribution in [0.1, 0.15) is 26.8 Å². The number of nitrogens with one attached hydrogen (secondary N) is 3. The zero-order chi connectivity index (χ0) is 38.3. The van der Waals surface area contributed by atoms with Gasteiger partial charge in [-0.1, -0.05) is 58.0 Å². The van der Waals surface area contributed by atoms with Crippen molar-refractivity contribution in [2.45, 2.75) is 8.69 Å². The van der Waals surface area contributed by atoms with Crippen LogP contribution in [0.4, 0.5) is 16.4 Å². The molecule has 0 aliphatic heterocycles. The van der Waals surface area contributed by atoms with E-state index >= 15 is 0 Å². The molecule has 0 atom stereocenters. The molecular formula is C27H24Cl5N9O9S. The van der Waals surface area contributed by atoms with Gasteiger partial charge in [-0.25, -0.2) is 32.4 Å². The van der Waals surface area contributed by atoms with Crippen LogP contribution in [0.3, 0.4) is 0 Å². The first-order chi connectivity index (χ1) is 23.8. The van der Waals surface area contributed by atoms with Crippen molar-refractivity contribution in [3.63, 3.8) is 0 Å². The molecule has 51 heavy (non-hydrogen) atoms. The largest absolute Gasteiger partial charge is 0.481 e. The fraction of sp³-hybridized carbons (Fsp3) is 0.185. The van der Waals surface area contributed by atoms with Gasteiger partial charge in [0.25, 0.3) is 21.8 Å². The number of anilines is 2. The van der Waals surface area contributed by atoms with Gasteiger partial charge >= 0.3 is 12.0 Å². The monoisotopic (exact) mass is 825 g/mol. The van der Waals surface area contributed by atoms with Gasteiger partial charge in [0.1, 0.15) is 4.90 Å². The number of methoxy groups -OCH3 is 2. The molecule has 2 aromatic heterocycles. The van der Waals surface area contributed by atoms with Crippen LogP contribution in [-0.2, 0) is 18.6 Å². The lowest BCUT2D eigenvalue weighted by molar-refractivity contribution is -0.105. The van der Waals surface area contributed by atoms with E-state index in [1.54, 1.807) is 4.72 Å². The number of amides is 4. The van der Waals surface area contributed by atoms with Gasteiger partial charge in [0.05, 0.1) is 36.6 Å². The Kier molecular flexibility index (Phi) is 13.6. The van der Waals surface area contributed by atoms with E-state index in [0.29, 0.717) is 11.4 Å². The number of benzene rings is 2. The molecule has 0 saturated carbocycles. The molecule has 272 valence electrons. The van der Waals surface area contributed by atoms with Crippen molar-refractivity contribution < 1.29 is 42.2 Å². The molecule has 0 aliphatic carbocycles. The maximum Gasteiger partial charge on any atom is 0.375 e. The van der Waals surface area contributed by atoms with Crippen molar-refractivity contribution >= 4 is 104 Å². The minimum Gasteiger partial charge on any atom is -0.481 e. The number of carboxylic acid groups (broad SMARTS) is 1. The van der Waals surface area contributed by atoms with Gasteiger partial charge in [-0.15, -0.1) is 5.10 Å². The Hall–Kier alpha value is -4.66. The highest BCUT2D eigenvalue weighted by Gasteiger charge is 2.33. The Morgan fingerprint density at radius 3 is 2.10 bits per heavy atom. The second-order valence-electron chi connectivity index (χ2n) is 9.58. The molecule has 0 aliphatic rings. The third kappa shape index (κ3) is 10.7. The summed E-state index contributed by atoms with van der Waals surface area (Å²) in [6.45, 7) is 0. The van der Waals surface area contributed by atoms with E-state index in [1.807, 2.05) is 0 Å². The van der Waals surface area contributed by atoms with Crippen LogP contribution in [0, 0.1) is 0 Å². The summed E-state index contributed by atoms with van der Waals surface area (Å²) in [5.41, 5.74) is 0.186. The van der Waals surface area contributed by atoms with Crippen LogP contribution in [-0.4, -0.2) is 95.8 Å². The number of carboxylic acids is 1. The molecule has 0 spiro atoms. The number of rotatable bonds is 10. The van der Waals surface area contributed by atoms with E-state index in [9.17, 15) is 27.6 Å². The molecule has 4 N–H and O–H groups in total. The van der Waals surface area contributed by atoms with E-state index in [4.69, 9.17) is 72.6 Å². The van der Waals surface area contributed by atoms with Crippen molar-refractivity contribution in [2.75, 3.05) is 38.9 Å². The number of urea groups is 1. The Labute approximate surface area is 314 Å². The number of ether oxygens (including phenoxy) is 2. The highest BCUT2D eigenvalue weighted by molar-refractivity contribution is 7.90. The van der Waals surface area contributed by atoms with Crippen LogP contribution in [0.5, 0.6) is 11.8 Å². The number of carbonyl (C=O) groups excluding carboxylic acids is 3. The SMILES string of the molecule is COc1cc(OC)nc(NC(=O)NS(=O)(=O)c2cc(NC=O)ccc2C(=O)N(C)C)n1.O=C(O)c1nc(C(Cl)(Cl)Cl)n(-c2ccc(Cl)cc2Cl)n1. The maximum absolute atomic E-state index is 12.8. The third-order valence-electron chi connectivity index (χ3n) is 5.87. The van der Waals surface area contributed by atoms with Crippen molar-refractivity contribution in [2.24, 2.45) is 0 Å². The van der Waals surface area contributed by atoms with Gasteiger partial charge in [0.2, 0.25) is 27.9 Å². The lowest BCUT2D eigenvalue weighted by Crippen LogP contribution is -2.36. The number of hydrogen-bond acceptors (Lipinski definition) is 12. The van der Waals surface area contributed by atoms with E-state index < -0.39 is 42.4 Å². The second kappa shape index (κ2) is 17.0. The second-order valence-corrected chi connectivity index (χ2v) is 14.4. The molecule has 0 saturated heterocycles. The fourth-order valence-corrected chi connectivity index (χ4v) is 5.69. The predicted octanol–water partition coefficient (Wildman–Crippen LogP) is 4.37. The van der Waals surface area contributed by atoms with Crippen LogP contribution in [0.25, 0.3) is 5.69 Å². The van der Waals surface area contributed by atoms with E-state index in [-0.39, 0.29) is 45.5 Å². The first kappa shape index (κ1) is 40.8. The highest BCUT2D eigenvalue weighted by Crippen LogP contribution is 2.39. The van der Waals surface area contributed by atoms with Gasteiger partial charge in [0, 0.05) is 24.8 Å². The zero-order valence-electron chi connectivity index (χ0n) is 26.3. The van der Waals surface area contributed by atoms with E-state index in [2.05, 4.69) is 30.7 Å². The standard InChI is InChI=1S/C17H20N6O7S.C10H4Cl5N3O2/c1-23(2)15(25)11-6-5-10(18-9-24)7-12(11)31(27,28)22-17(26)21-16-19-13(29-3)8-14(20-16)30-4;11-4-1-2-6(5(12)3-4)18-9(10(13,14)15)16-7(17-18)8(19)20/h5-9H,1-4H3,(H,18,24)(H2,19,20,21,22,26);1-3H,(H,19,20). The molecule has 0 unspecified atom stereocenters. The number of hydrogen-bond donors (Lipinski definition) is 4. The summed E-state index contributed by atoms with van der Waals surface area (Å²) in [4.78, 5) is 58.4. The molecule has 24 heteroatoms. The van der Waals surface area contributed by atoms with Gasteiger partial charge in [-0.2, -0.15) is 9.97 Å². The summed E-state index contributed by atoms with van der Waals surface area (Å²) in [6.07, 6.45) is 0.340. The smallest absolute Gasteiger partial charge is 0.375 e. The van der Waals surface area contributed by atoms with Crippen molar-refractivity contribution in [1.29, 1.82) is 0 Å². The van der Waals surface area contributed by atoms with E-state index in [1.165, 1.54) is 64.7 Å². The molecule has 0 radical (unpaired) electrons. The minimum atomic E-state index is -4.54. The summed E-state index contributed by atoms with van der Waals surface area (Å²) in [6, 6.07) is 8.25. The van der Waals surface area contributed by atoms with Gasteiger partial charge in [0.15, 0.2) is 5.82 Å². The average Bonchev–Trinajstić information content (AvgIpc) is 3.51. The normalized spacial score (nSPS) is 11.0. The first-order valence-electron chi connectivity index (χ1n) is 13.4. The van der Waals surface area contributed by atoms with Crippen LogP contribution >= 0.6 is 58.0 Å². The van der Waals surface area contributed by atoms with Gasteiger partial charge in [-0.05, 0) is 36.4 Å². The van der Waals surface area contributed by atoms with Gasteiger partial charge < -0.3 is 24.8 Å². The first-order valence-corrected chi connectivity index (χ1v) is 16.8. The van der Waals surface area contributed by atoms with E-state index in [0.717, 1.165) is 15.6 Å². The summed E-state index contributed by atoms with van der Waals surface area (Å²) >= 11 is 29.1. The molecule has 2 heterocycles. The summed E-state index contributed by atoms with van der Waals surface area (Å²) in [5, 5.41) is 17.7. The fourth-order valence-electron chi connectivity index (χ4n) is 3.70. The molecule has 0 fully saturated rings. The maximum atomic E-state index is 12.8. The lowest BCUT2D eigenvalue weighted by Gasteiger charge is -2.16. The average molecular weight is 828 g/mol. The van der Waals surface area contributed by atoms with Crippen LogP contribution in [0.15, 0.2) is 47.4 Å². The third-order valence-corrected chi connectivity index (χ3v) is 8.29. The summed E-state index contributed by atoms with van der Waals surface area (Å²) in [5.74, 6) is -2.84. The Bertz CT molecular complexity index is 2050. The van der Waals surface area contributed by atoms with Crippen molar-refractivity contribution in [1.82, 2.24) is 34.4 Å². The molecule has 2 aromatic carbocycles. The Balaban J connectivity index is 0.000000302. The molecule has 4 rings (SSSR count). The zero-order valence-corrected chi connectivity index (χ0v) is 30.9. The molecule has 18 nitrogen and oxygen atoms in total. The number of alkyl halides is 3. The Morgan fingerprint density at radius 2 is 1.59 bits per heavy atom. The Morgan fingerprint density at radius 1 is 0.961 bits per heavy atom. The number of carbonyl (C=O) groups is 4. The van der Waals surface area contributed by atoms with Gasteiger partial charge in [-0.3, -0.25) is 14.9 Å². The molecular weight excluding hydrogens is 804 g/mol. The number of aromatic carboxylic acids is 1. The van der Waals surface area contributed by atoms with Crippen molar-refractivity contribution in [3.05, 3.63) is 69.7 Å².